The molecule has 2 fully saturated rings. The Hall–Kier alpha value is -2.58. The third kappa shape index (κ3) is 5.02. The predicted octanol–water partition coefficient (Wildman–Crippen LogP) is 2.06. The number of hydrogen-bond donors (Lipinski definition) is 0. The number of aromatic nitrogens is 3. The van der Waals surface area contributed by atoms with Crippen LogP contribution in [0.15, 0.2) is 30.5 Å². The van der Waals surface area contributed by atoms with E-state index in [-0.39, 0.29) is 17.9 Å². The van der Waals surface area contributed by atoms with Crippen molar-refractivity contribution in [3.63, 3.8) is 0 Å². The molecule has 2 aromatic rings. The molecular weight excluding hydrogens is 392 g/mol. The third-order valence-corrected chi connectivity index (χ3v) is 6.15. The number of likely N-dealkylation sites (tertiary alicyclic amines) is 1. The summed E-state index contributed by atoms with van der Waals surface area (Å²) in [5, 5.41) is 0. The van der Waals surface area contributed by atoms with Crippen LogP contribution in [0.5, 0.6) is 0 Å². The fourth-order valence-electron chi connectivity index (χ4n) is 4.57. The van der Waals surface area contributed by atoms with Crippen LogP contribution < -0.4 is 4.90 Å². The van der Waals surface area contributed by atoms with Gasteiger partial charge < -0.3 is 14.5 Å². The highest BCUT2D eigenvalue weighted by molar-refractivity contribution is 5.74. The summed E-state index contributed by atoms with van der Waals surface area (Å²) in [6.45, 7) is 9.66. The number of hydrogen-bond acceptors (Lipinski definition) is 8. The Labute approximate surface area is 184 Å². The van der Waals surface area contributed by atoms with E-state index < -0.39 is 0 Å². The van der Waals surface area contributed by atoms with Gasteiger partial charge in [0.15, 0.2) is 0 Å². The standard InChI is InChI=1S/C23H32N6O2/c1-4-31-23(30)19-8-10-29(22(19)20-7-5-6-9-24-20)16-18-15-21(26-17(2)25-18)28-13-11-27(3)12-14-28/h5-7,9,15,19,22H,4,8,10-14,16H2,1-3H3/t19-,22+/m1/s1. The Balaban J connectivity index is 1.56. The summed E-state index contributed by atoms with van der Waals surface area (Å²) in [7, 11) is 2.15. The molecule has 8 heteroatoms. The van der Waals surface area contributed by atoms with Gasteiger partial charge >= 0.3 is 5.97 Å². The highest BCUT2D eigenvalue weighted by atomic mass is 16.5. The van der Waals surface area contributed by atoms with Gasteiger partial charge in [-0.15, -0.1) is 0 Å². The summed E-state index contributed by atoms with van der Waals surface area (Å²) in [5.74, 6) is 1.42. The second kappa shape index (κ2) is 9.70. The summed E-state index contributed by atoms with van der Waals surface area (Å²) in [6, 6.07) is 7.86. The van der Waals surface area contributed by atoms with Crippen molar-refractivity contribution in [2.45, 2.75) is 32.9 Å². The molecule has 2 atom stereocenters. The molecule has 2 aromatic heterocycles. The van der Waals surface area contributed by atoms with Crippen molar-refractivity contribution in [2.75, 3.05) is 51.3 Å². The maximum absolute atomic E-state index is 12.7. The van der Waals surface area contributed by atoms with E-state index in [2.05, 4.69) is 32.8 Å². The number of esters is 1. The third-order valence-electron chi connectivity index (χ3n) is 6.15. The van der Waals surface area contributed by atoms with Crippen LogP contribution in [0.1, 0.15) is 36.6 Å². The Morgan fingerprint density at radius 2 is 1.97 bits per heavy atom. The molecule has 4 rings (SSSR count). The molecule has 0 amide bonds. The van der Waals surface area contributed by atoms with Crippen molar-refractivity contribution in [1.82, 2.24) is 24.8 Å². The maximum atomic E-state index is 12.7. The Morgan fingerprint density at radius 3 is 2.68 bits per heavy atom. The van der Waals surface area contributed by atoms with Gasteiger partial charge in [0, 0.05) is 51.5 Å². The van der Waals surface area contributed by atoms with Crippen LogP contribution in [0.4, 0.5) is 5.82 Å². The van der Waals surface area contributed by atoms with Crippen LogP contribution in [0.3, 0.4) is 0 Å². The van der Waals surface area contributed by atoms with Crippen molar-refractivity contribution in [3.05, 3.63) is 47.7 Å². The molecule has 2 saturated heterocycles. The predicted molar refractivity (Wildman–Crippen MR) is 119 cm³/mol. The molecule has 31 heavy (non-hydrogen) atoms. The molecule has 166 valence electrons. The number of rotatable bonds is 6. The van der Waals surface area contributed by atoms with Crippen LogP contribution in [0.25, 0.3) is 0 Å². The number of nitrogens with zero attached hydrogens (tertiary/aromatic N) is 6. The average Bonchev–Trinajstić information content (AvgIpc) is 3.18. The number of carbonyl (C=O) groups is 1. The zero-order valence-corrected chi connectivity index (χ0v) is 18.7. The Morgan fingerprint density at radius 1 is 1.16 bits per heavy atom. The number of carbonyl (C=O) groups excluding carboxylic acids is 1. The lowest BCUT2D eigenvalue weighted by molar-refractivity contribution is -0.149. The van der Waals surface area contributed by atoms with E-state index in [1.807, 2.05) is 32.0 Å². The van der Waals surface area contributed by atoms with E-state index in [0.717, 1.165) is 62.2 Å². The highest BCUT2D eigenvalue weighted by Crippen LogP contribution is 2.38. The van der Waals surface area contributed by atoms with E-state index in [0.29, 0.717) is 13.2 Å². The molecule has 2 aliphatic rings. The normalized spacial score (nSPS) is 22.6. The van der Waals surface area contributed by atoms with E-state index in [1.165, 1.54) is 0 Å². The molecule has 0 aliphatic carbocycles. The number of anilines is 1. The lowest BCUT2D eigenvalue weighted by atomic mass is 9.97. The van der Waals surface area contributed by atoms with Gasteiger partial charge in [0.25, 0.3) is 0 Å². The molecular formula is C23H32N6O2. The zero-order valence-electron chi connectivity index (χ0n) is 18.7. The number of likely N-dealkylation sites (N-methyl/N-ethyl adjacent to an activating group) is 1. The first-order valence-corrected chi connectivity index (χ1v) is 11.1. The van der Waals surface area contributed by atoms with Gasteiger partial charge in [0.05, 0.1) is 30.0 Å². The molecule has 0 bridgehead atoms. The molecule has 0 saturated carbocycles. The molecule has 0 aromatic carbocycles. The van der Waals surface area contributed by atoms with Crippen LogP contribution in [0.2, 0.25) is 0 Å². The quantitative estimate of drug-likeness (QED) is 0.653. The largest absolute Gasteiger partial charge is 0.466 e. The topological polar surface area (TPSA) is 74.7 Å². The zero-order chi connectivity index (χ0) is 21.8. The van der Waals surface area contributed by atoms with Crippen molar-refractivity contribution < 1.29 is 9.53 Å². The van der Waals surface area contributed by atoms with E-state index in [9.17, 15) is 4.79 Å². The van der Waals surface area contributed by atoms with Gasteiger partial charge in [-0.05, 0) is 39.4 Å². The van der Waals surface area contributed by atoms with Crippen molar-refractivity contribution in [1.29, 1.82) is 0 Å². The molecule has 0 spiro atoms. The van der Waals surface area contributed by atoms with Crippen LogP contribution in [-0.4, -0.2) is 77.1 Å². The lowest BCUT2D eigenvalue weighted by Crippen LogP contribution is -2.45. The van der Waals surface area contributed by atoms with Crippen LogP contribution in [0, 0.1) is 12.8 Å². The minimum atomic E-state index is -0.213. The second-order valence-electron chi connectivity index (χ2n) is 8.37. The molecule has 0 N–H and O–H groups in total. The van der Waals surface area contributed by atoms with Crippen LogP contribution >= 0.6 is 0 Å². The second-order valence-corrected chi connectivity index (χ2v) is 8.37. The number of aryl methyl sites for hydroxylation is 1. The minimum absolute atomic E-state index is 0.109. The maximum Gasteiger partial charge on any atom is 0.310 e. The average molecular weight is 425 g/mol. The van der Waals surface area contributed by atoms with Gasteiger partial charge in [-0.25, -0.2) is 9.97 Å². The van der Waals surface area contributed by atoms with Gasteiger partial charge in [-0.3, -0.25) is 14.7 Å². The molecule has 0 radical (unpaired) electrons. The summed E-state index contributed by atoms with van der Waals surface area (Å²) in [6.07, 6.45) is 2.55. The minimum Gasteiger partial charge on any atom is -0.466 e. The SMILES string of the molecule is CCOC(=O)[C@@H]1CCN(Cc2cc(N3CCN(C)CC3)nc(C)n2)[C@@H]1c1ccccn1. The molecule has 4 heterocycles. The number of piperazine rings is 1. The van der Waals surface area contributed by atoms with Crippen molar-refractivity contribution in [3.8, 4) is 0 Å². The van der Waals surface area contributed by atoms with E-state index >= 15 is 0 Å². The molecule has 0 unspecified atom stereocenters. The molecule has 8 nitrogen and oxygen atoms in total. The molecule has 2 aliphatic heterocycles. The first-order chi connectivity index (χ1) is 15.0. The fourth-order valence-corrected chi connectivity index (χ4v) is 4.57. The fraction of sp³-hybridized carbons (Fsp3) is 0.565. The van der Waals surface area contributed by atoms with E-state index in [1.54, 1.807) is 6.20 Å². The summed E-state index contributed by atoms with van der Waals surface area (Å²) in [5.41, 5.74) is 1.88. The van der Waals surface area contributed by atoms with Gasteiger partial charge in [-0.1, -0.05) is 6.07 Å². The first kappa shape index (κ1) is 21.6. The van der Waals surface area contributed by atoms with Gasteiger partial charge in [0.1, 0.15) is 11.6 Å². The highest BCUT2D eigenvalue weighted by Gasteiger charge is 2.41. The smallest absolute Gasteiger partial charge is 0.310 e. The summed E-state index contributed by atoms with van der Waals surface area (Å²) < 4.78 is 5.37. The van der Waals surface area contributed by atoms with Gasteiger partial charge in [-0.2, -0.15) is 0 Å². The summed E-state index contributed by atoms with van der Waals surface area (Å²) in [4.78, 5) is 33.6. The van der Waals surface area contributed by atoms with Crippen LogP contribution in [-0.2, 0) is 16.1 Å². The Kier molecular flexibility index (Phi) is 6.77. The van der Waals surface area contributed by atoms with Crippen molar-refractivity contribution in [2.24, 2.45) is 5.92 Å². The summed E-state index contributed by atoms with van der Waals surface area (Å²) >= 11 is 0. The monoisotopic (exact) mass is 424 g/mol. The van der Waals surface area contributed by atoms with Gasteiger partial charge in [0.2, 0.25) is 0 Å². The number of ether oxygens (including phenoxy) is 1. The Bertz CT molecular complexity index is 885. The van der Waals surface area contributed by atoms with Crippen molar-refractivity contribution >= 4 is 11.8 Å². The van der Waals surface area contributed by atoms with E-state index in [4.69, 9.17) is 14.7 Å². The lowest BCUT2D eigenvalue weighted by Gasteiger charge is -2.33. The first-order valence-electron chi connectivity index (χ1n) is 11.1. The number of pyridine rings is 1.